The maximum absolute atomic E-state index is 12.6. The monoisotopic (exact) mass is 281 g/mol. The van der Waals surface area contributed by atoms with Crippen LogP contribution in [0.5, 0.6) is 0 Å². The Morgan fingerprint density at radius 2 is 2.11 bits per heavy atom. The molecule has 1 aromatic heterocycles. The van der Waals surface area contributed by atoms with E-state index >= 15 is 0 Å². The van der Waals surface area contributed by atoms with Gasteiger partial charge in [0, 0.05) is 12.6 Å². The molecule has 2 heterocycles. The van der Waals surface area contributed by atoms with Gasteiger partial charge in [-0.3, -0.25) is 0 Å². The molecule has 0 N–H and O–H groups in total. The van der Waals surface area contributed by atoms with Crippen LogP contribution in [-0.2, 0) is 10.0 Å². The highest BCUT2D eigenvalue weighted by atomic mass is 32.2. The fourth-order valence-corrected chi connectivity index (χ4v) is 5.44. The van der Waals surface area contributed by atoms with Crippen LogP contribution >= 0.6 is 11.3 Å². The smallest absolute Gasteiger partial charge is 0.206 e. The van der Waals surface area contributed by atoms with Crippen molar-refractivity contribution in [1.82, 2.24) is 4.31 Å². The first-order chi connectivity index (χ1) is 8.69. The number of piperidine rings is 1. The molecule has 18 heavy (non-hydrogen) atoms. The Morgan fingerprint density at radius 1 is 1.28 bits per heavy atom. The number of sulfonamides is 1. The second-order valence-corrected chi connectivity index (χ2v) is 7.68. The predicted octanol–water partition coefficient (Wildman–Crippen LogP) is 2.64. The quantitative estimate of drug-likeness (QED) is 0.835. The molecule has 0 amide bonds. The number of hydrogen-bond acceptors (Lipinski definition) is 3. The highest BCUT2D eigenvalue weighted by molar-refractivity contribution is 7.91. The van der Waals surface area contributed by atoms with E-state index in [0.29, 0.717) is 16.7 Å². The molecule has 2 atom stereocenters. The molecule has 0 radical (unpaired) electrons. The molecular formula is C13H15NO2S2. The highest BCUT2D eigenvalue weighted by Crippen LogP contribution is 2.33. The van der Waals surface area contributed by atoms with Gasteiger partial charge in [-0.2, -0.15) is 4.31 Å². The molecule has 1 aliphatic carbocycles. The molecule has 3 rings (SSSR count). The first-order valence-electron chi connectivity index (χ1n) is 6.10. The van der Waals surface area contributed by atoms with Crippen LogP contribution in [0.15, 0.2) is 46.0 Å². The molecular weight excluding hydrogens is 266 g/mol. The van der Waals surface area contributed by atoms with Crippen molar-refractivity contribution in [2.45, 2.75) is 23.1 Å². The zero-order valence-electron chi connectivity index (χ0n) is 9.90. The number of thiophene rings is 1. The number of rotatable bonds is 2. The summed E-state index contributed by atoms with van der Waals surface area (Å²) < 4.78 is 27.3. The molecule has 2 aliphatic rings. The first kappa shape index (κ1) is 12.1. The van der Waals surface area contributed by atoms with Crippen molar-refractivity contribution < 1.29 is 8.42 Å². The molecule has 5 heteroatoms. The summed E-state index contributed by atoms with van der Waals surface area (Å²) in [6.07, 6.45) is 10.1. The van der Waals surface area contributed by atoms with Crippen LogP contribution in [0, 0.1) is 5.92 Å². The minimum Gasteiger partial charge on any atom is -0.206 e. The Hall–Kier alpha value is -0.910. The summed E-state index contributed by atoms with van der Waals surface area (Å²) in [7, 11) is -3.32. The van der Waals surface area contributed by atoms with Gasteiger partial charge in [-0.1, -0.05) is 30.4 Å². The Labute approximate surface area is 111 Å². The summed E-state index contributed by atoms with van der Waals surface area (Å²) in [5, 5.41) is 1.81. The van der Waals surface area contributed by atoms with E-state index in [4.69, 9.17) is 0 Å². The molecule has 0 saturated carbocycles. The van der Waals surface area contributed by atoms with Crippen LogP contribution in [0.1, 0.15) is 12.8 Å². The largest absolute Gasteiger partial charge is 0.253 e. The summed E-state index contributed by atoms with van der Waals surface area (Å²) in [5.41, 5.74) is 0. The number of nitrogens with zero attached hydrogens (tertiary/aromatic N) is 1. The first-order valence-corrected chi connectivity index (χ1v) is 8.42. The van der Waals surface area contributed by atoms with E-state index in [0.717, 1.165) is 12.8 Å². The number of fused-ring (bicyclic) bond motifs is 1. The average molecular weight is 281 g/mol. The molecule has 1 aromatic rings. The predicted molar refractivity (Wildman–Crippen MR) is 73.0 cm³/mol. The van der Waals surface area contributed by atoms with Crippen molar-refractivity contribution in [1.29, 1.82) is 0 Å². The fourth-order valence-electron chi connectivity index (χ4n) is 2.66. The van der Waals surface area contributed by atoms with Gasteiger partial charge in [0.25, 0.3) is 10.0 Å². The SMILES string of the molecule is O=S(=O)(c1cccs1)N1CCC[C@@H]2C=CC=C[C@@H]21. The highest BCUT2D eigenvalue weighted by Gasteiger charge is 2.37. The standard InChI is InChI=1S/C13H15NO2S2/c15-18(16,13-8-4-10-17-13)14-9-3-6-11-5-1-2-7-12(11)14/h1-2,4-5,7-8,10-12H,3,6,9H2/t11-,12-/m0/s1. The van der Waals surface area contributed by atoms with E-state index in [1.165, 1.54) is 11.3 Å². The lowest BCUT2D eigenvalue weighted by Crippen LogP contribution is -2.47. The van der Waals surface area contributed by atoms with Gasteiger partial charge >= 0.3 is 0 Å². The zero-order valence-corrected chi connectivity index (χ0v) is 11.5. The summed E-state index contributed by atoms with van der Waals surface area (Å²) in [5.74, 6) is 0.332. The van der Waals surface area contributed by atoms with Gasteiger partial charge in [-0.25, -0.2) is 8.42 Å². The summed E-state index contributed by atoms with van der Waals surface area (Å²) in [4.78, 5) is 0. The molecule has 0 spiro atoms. The lowest BCUT2D eigenvalue weighted by atomic mass is 9.88. The van der Waals surface area contributed by atoms with Gasteiger partial charge in [0.1, 0.15) is 4.21 Å². The summed E-state index contributed by atoms with van der Waals surface area (Å²) >= 11 is 1.29. The normalized spacial score (nSPS) is 28.2. The third-order valence-electron chi connectivity index (χ3n) is 3.52. The van der Waals surface area contributed by atoms with Crippen LogP contribution in [0.2, 0.25) is 0 Å². The Morgan fingerprint density at radius 3 is 2.89 bits per heavy atom. The zero-order chi connectivity index (χ0) is 12.6. The number of hydrogen-bond donors (Lipinski definition) is 0. The van der Waals surface area contributed by atoms with Crippen LogP contribution in [0.3, 0.4) is 0 Å². The van der Waals surface area contributed by atoms with E-state index in [9.17, 15) is 8.42 Å². The molecule has 96 valence electrons. The average Bonchev–Trinajstić information content (AvgIpc) is 2.92. The summed E-state index contributed by atoms with van der Waals surface area (Å²) in [6.45, 7) is 0.625. The minimum atomic E-state index is -3.32. The van der Waals surface area contributed by atoms with Gasteiger partial charge < -0.3 is 0 Å². The molecule has 1 fully saturated rings. The van der Waals surface area contributed by atoms with Crippen LogP contribution in [-0.4, -0.2) is 25.3 Å². The Bertz CT molecular complexity index is 572. The van der Waals surface area contributed by atoms with Crippen molar-refractivity contribution in [2.24, 2.45) is 5.92 Å². The van der Waals surface area contributed by atoms with E-state index < -0.39 is 10.0 Å². The van der Waals surface area contributed by atoms with Gasteiger partial charge in [0.15, 0.2) is 0 Å². The van der Waals surface area contributed by atoms with Crippen LogP contribution in [0.4, 0.5) is 0 Å². The molecule has 0 aromatic carbocycles. The van der Waals surface area contributed by atoms with Crippen LogP contribution in [0.25, 0.3) is 0 Å². The molecule has 1 aliphatic heterocycles. The van der Waals surface area contributed by atoms with E-state index in [2.05, 4.69) is 6.08 Å². The van der Waals surface area contributed by atoms with Gasteiger partial charge in [-0.05, 0) is 30.2 Å². The Kier molecular flexibility index (Phi) is 3.13. The Balaban J connectivity index is 1.96. The topological polar surface area (TPSA) is 37.4 Å². The molecule has 0 bridgehead atoms. The van der Waals surface area contributed by atoms with E-state index in [-0.39, 0.29) is 6.04 Å². The van der Waals surface area contributed by atoms with Gasteiger partial charge in [0.05, 0.1) is 0 Å². The fraction of sp³-hybridized carbons (Fsp3) is 0.385. The number of allylic oxidation sites excluding steroid dienone is 2. The maximum Gasteiger partial charge on any atom is 0.253 e. The molecule has 1 saturated heterocycles. The second-order valence-electron chi connectivity index (χ2n) is 4.61. The second kappa shape index (κ2) is 4.64. The lowest BCUT2D eigenvalue weighted by Gasteiger charge is -2.38. The van der Waals surface area contributed by atoms with E-state index in [1.807, 2.05) is 23.6 Å². The van der Waals surface area contributed by atoms with Gasteiger partial charge in [0.2, 0.25) is 0 Å². The van der Waals surface area contributed by atoms with Crippen molar-refractivity contribution in [3.63, 3.8) is 0 Å². The molecule has 0 unspecified atom stereocenters. The molecule has 3 nitrogen and oxygen atoms in total. The lowest BCUT2D eigenvalue weighted by molar-refractivity contribution is 0.242. The van der Waals surface area contributed by atoms with Crippen molar-refractivity contribution in [3.8, 4) is 0 Å². The third kappa shape index (κ3) is 1.96. The third-order valence-corrected chi connectivity index (χ3v) is 6.79. The van der Waals surface area contributed by atoms with Crippen molar-refractivity contribution in [3.05, 3.63) is 41.8 Å². The van der Waals surface area contributed by atoms with Crippen molar-refractivity contribution in [2.75, 3.05) is 6.54 Å². The van der Waals surface area contributed by atoms with Crippen LogP contribution < -0.4 is 0 Å². The minimum absolute atomic E-state index is 0.00384. The summed E-state index contributed by atoms with van der Waals surface area (Å²) in [6, 6.07) is 3.47. The maximum atomic E-state index is 12.6. The van der Waals surface area contributed by atoms with E-state index in [1.54, 1.807) is 16.4 Å². The van der Waals surface area contributed by atoms with Crippen molar-refractivity contribution >= 4 is 21.4 Å². The van der Waals surface area contributed by atoms with Gasteiger partial charge in [-0.15, -0.1) is 11.3 Å².